The first-order chi connectivity index (χ1) is 8.50. The smallest absolute Gasteiger partial charge is 0.323 e. The molecule has 6 heteroatoms. The molecule has 18 heavy (non-hydrogen) atoms. The average molecular weight is 251 g/mol. The summed E-state index contributed by atoms with van der Waals surface area (Å²) in [6.07, 6.45) is -0.542. The summed E-state index contributed by atoms with van der Waals surface area (Å²) in [6, 6.07) is 8.29. The minimum absolute atomic E-state index is 0.225. The van der Waals surface area contributed by atoms with Crippen LogP contribution in [0.15, 0.2) is 30.3 Å². The number of anilines is 1. The fourth-order valence-electron chi connectivity index (χ4n) is 1.42. The Morgan fingerprint density at radius 1 is 0.944 bits per heavy atom. The van der Waals surface area contributed by atoms with Gasteiger partial charge in [0.25, 0.3) is 0 Å². The van der Waals surface area contributed by atoms with Crippen molar-refractivity contribution in [3.8, 4) is 0 Å². The first-order valence-electron chi connectivity index (χ1n) is 5.29. The second kappa shape index (κ2) is 6.39. The molecule has 0 aliphatic rings. The lowest BCUT2D eigenvalue weighted by Gasteiger charge is -2.20. The number of hydrogen-bond donors (Lipinski definition) is 2. The number of amides is 1. The Morgan fingerprint density at radius 2 is 1.56 bits per heavy atom. The number of para-hydroxylation sites is 1. The number of carboxylic acids is 2. The SMILES string of the molecule is O=C(O)CCC(=O)N(CC(=O)O)c1ccccc1. The van der Waals surface area contributed by atoms with Crippen LogP contribution >= 0.6 is 0 Å². The molecule has 0 aliphatic heterocycles. The van der Waals surface area contributed by atoms with Crippen LogP contribution in [-0.4, -0.2) is 34.6 Å². The molecule has 6 nitrogen and oxygen atoms in total. The summed E-state index contributed by atoms with van der Waals surface area (Å²) in [7, 11) is 0. The van der Waals surface area contributed by atoms with E-state index in [9.17, 15) is 14.4 Å². The van der Waals surface area contributed by atoms with E-state index in [-0.39, 0.29) is 12.8 Å². The van der Waals surface area contributed by atoms with Gasteiger partial charge < -0.3 is 15.1 Å². The number of rotatable bonds is 6. The van der Waals surface area contributed by atoms with Gasteiger partial charge in [0.1, 0.15) is 6.54 Å². The molecule has 0 saturated heterocycles. The number of carbonyl (C=O) groups excluding carboxylic acids is 1. The van der Waals surface area contributed by atoms with Crippen molar-refractivity contribution in [1.29, 1.82) is 0 Å². The monoisotopic (exact) mass is 251 g/mol. The third kappa shape index (κ3) is 4.25. The lowest BCUT2D eigenvalue weighted by Crippen LogP contribution is -2.35. The maximum Gasteiger partial charge on any atom is 0.323 e. The van der Waals surface area contributed by atoms with Crippen LogP contribution in [0.2, 0.25) is 0 Å². The molecule has 1 aromatic rings. The molecule has 1 amide bonds. The number of benzene rings is 1. The molecule has 2 N–H and O–H groups in total. The summed E-state index contributed by atoms with van der Waals surface area (Å²) in [5.41, 5.74) is 0.440. The Balaban J connectivity index is 2.81. The molecule has 0 unspecified atom stereocenters. The first kappa shape index (κ1) is 13.7. The van der Waals surface area contributed by atoms with Crippen molar-refractivity contribution in [1.82, 2.24) is 0 Å². The van der Waals surface area contributed by atoms with Crippen molar-refractivity contribution in [2.75, 3.05) is 11.4 Å². The molecular weight excluding hydrogens is 238 g/mol. The Morgan fingerprint density at radius 3 is 2.06 bits per heavy atom. The minimum atomic E-state index is -1.15. The summed E-state index contributed by atoms with van der Waals surface area (Å²) >= 11 is 0. The third-order valence-corrected chi connectivity index (χ3v) is 2.22. The molecule has 0 fully saturated rings. The lowest BCUT2D eigenvalue weighted by molar-refractivity contribution is -0.138. The van der Waals surface area contributed by atoms with Gasteiger partial charge in [-0.2, -0.15) is 0 Å². The van der Waals surface area contributed by atoms with Crippen LogP contribution in [0.5, 0.6) is 0 Å². The van der Waals surface area contributed by atoms with Crippen LogP contribution in [0.25, 0.3) is 0 Å². The van der Waals surface area contributed by atoms with Gasteiger partial charge in [-0.1, -0.05) is 18.2 Å². The second-order valence-electron chi connectivity index (χ2n) is 3.60. The van der Waals surface area contributed by atoms with Crippen LogP contribution in [-0.2, 0) is 14.4 Å². The van der Waals surface area contributed by atoms with E-state index in [2.05, 4.69) is 0 Å². The van der Waals surface area contributed by atoms with Crippen molar-refractivity contribution in [3.05, 3.63) is 30.3 Å². The zero-order valence-corrected chi connectivity index (χ0v) is 9.57. The molecule has 0 atom stereocenters. The normalized spacial score (nSPS) is 9.78. The van der Waals surface area contributed by atoms with Gasteiger partial charge in [0, 0.05) is 12.1 Å². The van der Waals surface area contributed by atoms with Gasteiger partial charge in [0.15, 0.2) is 0 Å². The second-order valence-corrected chi connectivity index (χ2v) is 3.60. The third-order valence-electron chi connectivity index (χ3n) is 2.22. The molecule has 0 aliphatic carbocycles. The summed E-state index contributed by atoms with van der Waals surface area (Å²) in [6.45, 7) is -0.484. The highest BCUT2D eigenvalue weighted by atomic mass is 16.4. The van der Waals surface area contributed by atoms with Crippen LogP contribution < -0.4 is 4.90 Å². The van der Waals surface area contributed by atoms with Gasteiger partial charge in [-0.3, -0.25) is 14.4 Å². The van der Waals surface area contributed by atoms with Crippen molar-refractivity contribution in [3.63, 3.8) is 0 Å². The molecule has 0 radical (unpaired) electrons. The van der Waals surface area contributed by atoms with Crippen LogP contribution in [0.4, 0.5) is 5.69 Å². The average Bonchev–Trinajstić information content (AvgIpc) is 2.34. The van der Waals surface area contributed by atoms with E-state index < -0.39 is 24.4 Å². The van der Waals surface area contributed by atoms with Gasteiger partial charge in [-0.05, 0) is 12.1 Å². The van der Waals surface area contributed by atoms with E-state index >= 15 is 0 Å². The summed E-state index contributed by atoms with van der Waals surface area (Å²) in [5.74, 6) is -2.76. The number of carbonyl (C=O) groups is 3. The molecule has 0 bridgehead atoms. The van der Waals surface area contributed by atoms with Crippen molar-refractivity contribution in [2.45, 2.75) is 12.8 Å². The van der Waals surface area contributed by atoms with Gasteiger partial charge >= 0.3 is 11.9 Å². The van der Waals surface area contributed by atoms with Crippen molar-refractivity contribution < 1.29 is 24.6 Å². The molecule has 0 aromatic heterocycles. The highest BCUT2D eigenvalue weighted by molar-refractivity contribution is 5.98. The lowest BCUT2D eigenvalue weighted by atomic mass is 10.2. The van der Waals surface area contributed by atoms with E-state index in [0.717, 1.165) is 4.90 Å². The quantitative estimate of drug-likeness (QED) is 0.785. The zero-order valence-electron chi connectivity index (χ0n) is 9.57. The molecule has 0 saturated carbocycles. The van der Waals surface area contributed by atoms with E-state index in [1.54, 1.807) is 30.3 Å². The van der Waals surface area contributed by atoms with Crippen molar-refractivity contribution in [2.24, 2.45) is 0 Å². The largest absolute Gasteiger partial charge is 0.481 e. The van der Waals surface area contributed by atoms with Gasteiger partial charge in [-0.25, -0.2) is 0 Å². The van der Waals surface area contributed by atoms with Crippen LogP contribution in [0.3, 0.4) is 0 Å². The highest BCUT2D eigenvalue weighted by Crippen LogP contribution is 2.14. The Labute approximate surface area is 103 Å². The van der Waals surface area contributed by atoms with Gasteiger partial charge in [0.05, 0.1) is 6.42 Å². The van der Waals surface area contributed by atoms with Gasteiger partial charge in [-0.15, -0.1) is 0 Å². The van der Waals surface area contributed by atoms with Crippen LogP contribution in [0, 0.1) is 0 Å². The molecule has 0 spiro atoms. The molecule has 1 rings (SSSR count). The maximum atomic E-state index is 11.8. The van der Waals surface area contributed by atoms with E-state index in [1.165, 1.54) is 0 Å². The van der Waals surface area contributed by atoms with Gasteiger partial charge in [0.2, 0.25) is 5.91 Å². The molecular formula is C12H13NO5. The molecule has 0 heterocycles. The number of hydrogen-bond acceptors (Lipinski definition) is 3. The number of aliphatic carboxylic acids is 2. The molecule has 96 valence electrons. The van der Waals surface area contributed by atoms with E-state index in [1.807, 2.05) is 0 Å². The highest BCUT2D eigenvalue weighted by Gasteiger charge is 2.19. The van der Waals surface area contributed by atoms with E-state index in [0.29, 0.717) is 5.69 Å². The summed E-state index contributed by atoms with van der Waals surface area (Å²) in [4.78, 5) is 34.0. The predicted octanol–water partition coefficient (Wildman–Crippen LogP) is 0.969. The fourth-order valence-corrected chi connectivity index (χ4v) is 1.42. The Bertz CT molecular complexity index is 443. The maximum absolute atomic E-state index is 11.8. The first-order valence-corrected chi connectivity index (χ1v) is 5.29. The van der Waals surface area contributed by atoms with Crippen LogP contribution in [0.1, 0.15) is 12.8 Å². The summed E-state index contributed by atoms with van der Waals surface area (Å²) in [5, 5.41) is 17.3. The predicted molar refractivity (Wildman–Crippen MR) is 63.3 cm³/mol. The minimum Gasteiger partial charge on any atom is -0.481 e. The van der Waals surface area contributed by atoms with Crippen molar-refractivity contribution >= 4 is 23.5 Å². The Hall–Kier alpha value is -2.37. The Kier molecular flexibility index (Phi) is 4.86. The fraction of sp³-hybridized carbons (Fsp3) is 0.250. The number of carboxylic acid groups (broad SMARTS) is 2. The number of nitrogens with zero attached hydrogens (tertiary/aromatic N) is 1. The molecule has 1 aromatic carbocycles. The van der Waals surface area contributed by atoms with E-state index in [4.69, 9.17) is 10.2 Å². The standard InChI is InChI=1S/C12H13NO5/c14-10(6-7-11(15)16)13(8-12(17)18)9-4-2-1-3-5-9/h1-5H,6-8H2,(H,15,16)(H,17,18). The summed E-state index contributed by atoms with van der Waals surface area (Å²) < 4.78 is 0. The zero-order chi connectivity index (χ0) is 13.5. The topological polar surface area (TPSA) is 94.9 Å².